The Morgan fingerprint density at radius 1 is 1.38 bits per heavy atom. The fraction of sp³-hybridized carbons (Fsp3) is 0.385. The van der Waals surface area contributed by atoms with E-state index in [0.29, 0.717) is 6.73 Å². The molecule has 0 fully saturated rings. The highest BCUT2D eigenvalue weighted by atomic mass is 16.5. The highest BCUT2D eigenvalue weighted by molar-refractivity contribution is 5.64. The minimum Gasteiger partial charge on any atom is -0.496 e. The summed E-state index contributed by atoms with van der Waals surface area (Å²) >= 11 is 0. The van der Waals surface area contributed by atoms with E-state index < -0.39 is 0 Å². The van der Waals surface area contributed by atoms with Crippen molar-refractivity contribution in [1.29, 1.82) is 0 Å². The van der Waals surface area contributed by atoms with Gasteiger partial charge in [-0.25, -0.2) is 0 Å². The second-order valence-corrected chi connectivity index (χ2v) is 4.75. The monoisotopic (exact) mass is 219 g/mol. The van der Waals surface area contributed by atoms with Crippen LogP contribution in [0.25, 0.3) is 6.08 Å². The first-order valence-corrected chi connectivity index (χ1v) is 5.40. The van der Waals surface area contributed by atoms with Crippen molar-refractivity contribution in [2.75, 3.05) is 12.0 Å². The summed E-state index contributed by atoms with van der Waals surface area (Å²) in [6.07, 6.45) is 3.66. The van der Waals surface area contributed by atoms with Crippen molar-refractivity contribution in [2.45, 2.75) is 26.4 Å². The van der Waals surface area contributed by atoms with E-state index in [2.05, 4.69) is 5.32 Å². The normalized spacial score (nSPS) is 14.4. The van der Waals surface area contributed by atoms with Crippen LogP contribution in [0, 0.1) is 0 Å². The van der Waals surface area contributed by atoms with E-state index in [-0.39, 0.29) is 5.60 Å². The number of anilines is 1. The maximum absolute atomic E-state index is 5.52. The Morgan fingerprint density at radius 3 is 2.94 bits per heavy atom. The molecule has 16 heavy (non-hydrogen) atoms. The number of rotatable bonds is 2. The molecule has 0 bridgehead atoms. The number of fused-ring (bicyclic) bond motifs is 1. The molecule has 2 rings (SSSR count). The number of hydrogen-bond donors (Lipinski definition) is 1. The summed E-state index contributed by atoms with van der Waals surface area (Å²) in [5.41, 5.74) is 1.98. The molecule has 1 heterocycles. The van der Waals surface area contributed by atoms with Gasteiger partial charge in [-0.1, -0.05) is 6.07 Å². The van der Waals surface area contributed by atoms with Crippen LogP contribution in [0.15, 0.2) is 24.5 Å². The first kappa shape index (κ1) is 10.9. The van der Waals surface area contributed by atoms with Crippen LogP contribution < -0.4 is 10.1 Å². The summed E-state index contributed by atoms with van der Waals surface area (Å²) < 4.78 is 10.9. The topological polar surface area (TPSA) is 30.5 Å². The number of ether oxygens (including phenoxy) is 2. The predicted octanol–water partition coefficient (Wildman–Crippen LogP) is 3.23. The van der Waals surface area contributed by atoms with E-state index in [4.69, 9.17) is 9.47 Å². The second kappa shape index (κ2) is 4.08. The summed E-state index contributed by atoms with van der Waals surface area (Å²) in [5, 5.41) is 3.13. The molecular weight excluding hydrogens is 202 g/mol. The average Bonchev–Trinajstić information content (AvgIpc) is 2.62. The summed E-state index contributed by atoms with van der Waals surface area (Å²) in [5.74, 6) is 0.901. The second-order valence-electron chi connectivity index (χ2n) is 4.75. The molecule has 0 aliphatic carbocycles. The van der Waals surface area contributed by atoms with Gasteiger partial charge in [0.05, 0.1) is 17.6 Å². The van der Waals surface area contributed by atoms with Crippen LogP contribution in [0.4, 0.5) is 5.69 Å². The van der Waals surface area contributed by atoms with Crippen molar-refractivity contribution in [2.24, 2.45) is 0 Å². The Morgan fingerprint density at radius 2 is 2.19 bits per heavy atom. The van der Waals surface area contributed by atoms with Crippen LogP contribution in [0.2, 0.25) is 0 Å². The van der Waals surface area contributed by atoms with Crippen molar-refractivity contribution in [3.05, 3.63) is 30.0 Å². The summed E-state index contributed by atoms with van der Waals surface area (Å²) in [6, 6.07) is 6.04. The third-order valence-corrected chi connectivity index (χ3v) is 2.18. The molecule has 1 aliphatic rings. The lowest BCUT2D eigenvalue weighted by Crippen LogP contribution is -2.15. The van der Waals surface area contributed by atoms with Gasteiger partial charge >= 0.3 is 0 Å². The van der Waals surface area contributed by atoms with Crippen molar-refractivity contribution >= 4 is 11.8 Å². The molecule has 0 saturated heterocycles. The average molecular weight is 219 g/mol. The molecule has 0 spiro atoms. The van der Waals surface area contributed by atoms with E-state index in [0.717, 1.165) is 17.0 Å². The van der Waals surface area contributed by atoms with Crippen LogP contribution in [-0.2, 0) is 4.74 Å². The van der Waals surface area contributed by atoms with E-state index in [9.17, 15) is 0 Å². The molecular formula is C13H17NO2. The zero-order valence-corrected chi connectivity index (χ0v) is 9.91. The third kappa shape index (κ3) is 2.69. The van der Waals surface area contributed by atoms with Gasteiger partial charge in [0.15, 0.2) is 6.73 Å². The lowest BCUT2D eigenvalue weighted by molar-refractivity contribution is 0.0783. The summed E-state index contributed by atoms with van der Waals surface area (Å²) in [4.78, 5) is 0. The van der Waals surface area contributed by atoms with Crippen LogP contribution >= 0.6 is 0 Å². The zero-order chi connectivity index (χ0) is 11.6. The van der Waals surface area contributed by atoms with Crippen LogP contribution in [0.3, 0.4) is 0 Å². The number of benzene rings is 1. The van der Waals surface area contributed by atoms with Crippen molar-refractivity contribution < 1.29 is 9.47 Å². The molecule has 3 heteroatoms. The zero-order valence-electron chi connectivity index (χ0n) is 9.91. The van der Waals surface area contributed by atoms with Crippen molar-refractivity contribution in [3.63, 3.8) is 0 Å². The van der Waals surface area contributed by atoms with Crippen LogP contribution in [-0.4, -0.2) is 12.3 Å². The van der Waals surface area contributed by atoms with Gasteiger partial charge in [0.25, 0.3) is 0 Å². The Labute approximate surface area is 96.1 Å². The maximum Gasteiger partial charge on any atom is 0.159 e. The standard InChI is InChI=1S/C13H17NO2/c1-13(2,3)16-7-6-10-4-5-11-12(8-10)15-9-14-11/h4-8,14H,9H2,1-3H3. The first-order valence-electron chi connectivity index (χ1n) is 5.40. The molecule has 3 nitrogen and oxygen atoms in total. The minimum atomic E-state index is -0.148. The largest absolute Gasteiger partial charge is 0.496 e. The van der Waals surface area contributed by atoms with E-state index >= 15 is 0 Å². The lowest BCUT2D eigenvalue weighted by atomic mass is 10.2. The van der Waals surface area contributed by atoms with Crippen molar-refractivity contribution in [1.82, 2.24) is 0 Å². The molecule has 0 unspecified atom stereocenters. The fourth-order valence-corrected chi connectivity index (χ4v) is 1.42. The molecule has 1 N–H and O–H groups in total. The van der Waals surface area contributed by atoms with Crippen LogP contribution in [0.5, 0.6) is 5.75 Å². The Balaban J connectivity index is 2.05. The SMILES string of the molecule is CC(C)(C)OC=Cc1ccc2c(c1)OCN2. The maximum atomic E-state index is 5.52. The first-order chi connectivity index (χ1) is 7.54. The van der Waals surface area contributed by atoms with Gasteiger partial charge in [-0.15, -0.1) is 0 Å². The third-order valence-electron chi connectivity index (χ3n) is 2.18. The highest BCUT2D eigenvalue weighted by Crippen LogP contribution is 2.30. The molecule has 0 aromatic heterocycles. The molecule has 0 saturated carbocycles. The van der Waals surface area contributed by atoms with Gasteiger partial charge in [-0.2, -0.15) is 0 Å². The smallest absolute Gasteiger partial charge is 0.159 e. The Kier molecular flexibility index (Phi) is 2.77. The number of hydrogen-bond acceptors (Lipinski definition) is 3. The van der Waals surface area contributed by atoms with E-state index in [1.807, 2.05) is 45.0 Å². The van der Waals surface area contributed by atoms with Gasteiger partial charge in [0.1, 0.15) is 5.75 Å². The van der Waals surface area contributed by atoms with Crippen molar-refractivity contribution in [3.8, 4) is 5.75 Å². The summed E-state index contributed by atoms with van der Waals surface area (Å²) in [6.45, 7) is 6.62. The molecule has 1 aromatic carbocycles. The highest BCUT2D eigenvalue weighted by Gasteiger charge is 2.10. The van der Waals surface area contributed by atoms with Gasteiger partial charge in [0, 0.05) is 0 Å². The van der Waals surface area contributed by atoms with Gasteiger partial charge in [-0.05, 0) is 44.5 Å². The lowest BCUT2D eigenvalue weighted by Gasteiger charge is -2.17. The van der Waals surface area contributed by atoms with Gasteiger partial charge in [0.2, 0.25) is 0 Å². The van der Waals surface area contributed by atoms with Gasteiger partial charge in [-0.3, -0.25) is 0 Å². The predicted molar refractivity (Wildman–Crippen MR) is 65.4 cm³/mol. The Bertz CT molecular complexity index is 405. The molecule has 0 atom stereocenters. The minimum absolute atomic E-state index is 0.148. The molecule has 1 aliphatic heterocycles. The molecule has 0 amide bonds. The van der Waals surface area contributed by atoms with E-state index in [1.165, 1.54) is 0 Å². The molecule has 1 aromatic rings. The van der Waals surface area contributed by atoms with Crippen LogP contribution in [0.1, 0.15) is 26.3 Å². The molecule has 0 radical (unpaired) electrons. The van der Waals surface area contributed by atoms with Gasteiger partial charge < -0.3 is 14.8 Å². The Hall–Kier alpha value is -1.64. The van der Waals surface area contributed by atoms with E-state index in [1.54, 1.807) is 6.26 Å². The number of nitrogens with one attached hydrogen (secondary N) is 1. The fourth-order valence-electron chi connectivity index (χ4n) is 1.42. The quantitative estimate of drug-likeness (QED) is 0.774. The molecule has 86 valence electrons. The summed E-state index contributed by atoms with van der Waals surface area (Å²) in [7, 11) is 0.